The number of likely N-dealkylation sites (tertiary alicyclic amines) is 1. The molecule has 0 amide bonds. The van der Waals surface area contributed by atoms with E-state index in [1.165, 1.54) is 0 Å². The molecule has 2 heteroatoms. The molecule has 1 atom stereocenters. The van der Waals surface area contributed by atoms with Crippen molar-refractivity contribution in [2.75, 3.05) is 13.6 Å². The van der Waals surface area contributed by atoms with Crippen LogP contribution in [0.1, 0.15) is 12.8 Å². The Balaban J connectivity index is 2.33. The van der Waals surface area contributed by atoms with Crippen LogP contribution < -0.4 is 0 Å². The van der Waals surface area contributed by atoms with E-state index in [1.54, 1.807) is 4.90 Å². The summed E-state index contributed by atoms with van der Waals surface area (Å²) in [4.78, 5) is 1.74. The normalized spacial score (nSPS) is 34.3. The molecule has 0 spiro atoms. The van der Waals surface area contributed by atoms with Crippen molar-refractivity contribution in [3.63, 3.8) is 0 Å². The van der Waals surface area contributed by atoms with Gasteiger partial charge in [-0.05, 0) is 19.9 Å². The van der Waals surface area contributed by atoms with Crippen LogP contribution in [0.4, 0.5) is 4.39 Å². The third-order valence-corrected chi connectivity index (χ3v) is 1.43. The van der Waals surface area contributed by atoms with Gasteiger partial charge in [0.15, 0.2) is 6.30 Å². The molecule has 1 fully saturated rings. The van der Waals surface area contributed by atoms with E-state index in [-0.39, 0.29) is 0 Å². The fourth-order valence-corrected chi connectivity index (χ4v) is 0.870. The van der Waals surface area contributed by atoms with Gasteiger partial charge in [0.2, 0.25) is 0 Å². The van der Waals surface area contributed by atoms with Gasteiger partial charge >= 0.3 is 0 Å². The Morgan fingerprint density at radius 2 is 2.43 bits per heavy atom. The van der Waals surface area contributed by atoms with Gasteiger partial charge in [0.1, 0.15) is 0 Å². The van der Waals surface area contributed by atoms with E-state index in [2.05, 4.69) is 0 Å². The summed E-state index contributed by atoms with van der Waals surface area (Å²) in [5, 5.41) is 0. The number of hydrogen-bond acceptors (Lipinski definition) is 1. The summed E-state index contributed by atoms with van der Waals surface area (Å²) in [6.45, 7) is 0.932. The zero-order valence-corrected chi connectivity index (χ0v) is 4.52. The van der Waals surface area contributed by atoms with Crippen LogP contribution in [-0.2, 0) is 0 Å². The molecule has 0 aliphatic carbocycles. The van der Waals surface area contributed by atoms with Crippen molar-refractivity contribution in [1.82, 2.24) is 4.90 Å². The Hall–Kier alpha value is -0.110. The van der Waals surface area contributed by atoms with Crippen LogP contribution in [0, 0.1) is 0 Å². The second-order valence-electron chi connectivity index (χ2n) is 2.06. The van der Waals surface area contributed by atoms with Crippen molar-refractivity contribution in [3.8, 4) is 0 Å². The minimum atomic E-state index is -0.653. The van der Waals surface area contributed by atoms with Gasteiger partial charge in [0, 0.05) is 6.54 Å². The Morgan fingerprint density at radius 1 is 1.71 bits per heavy atom. The van der Waals surface area contributed by atoms with Crippen molar-refractivity contribution in [2.24, 2.45) is 0 Å². The smallest absolute Gasteiger partial charge is 0.153 e. The molecular weight excluding hydrogens is 93.1 g/mol. The van der Waals surface area contributed by atoms with E-state index in [4.69, 9.17) is 0 Å². The monoisotopic (exact) mass is 103 g/mol. The summed E-state index contributed by atoms with van der Waals surface area (Å²) < 4.78 is 12.2. The molecule has 42 valence electrons. The first-order chi connectivity index (χ1) is 3.30. The van der Waals surface area contributed by atoms with Crippen LogP contribution in [0.25, 0.3) is 0 Å². The van der Waals surface area contributed by atoms with Crippen molar-refractivity contribution in [1.29, 1.82) is 0 Å². The highest BCUT2D eigenvalue weighted by Gasteiger charge is 2.18. The summed E-state index contributed by atoms with van der Waals surface area (Å²) in [5.41, 5.74) is 0. The summed E-state index contributed by atoms with van der Waals surface area (Å²) in [6, 6.07) is 0. The standard InChI is InChI=1S/C5H10FN/c1-7-4-2-3-5(7)6/h5H,2-4H2,1H3/t5-/m1/s1. The van der Waals surface area contributed by atoms with Crippen molar-refractivity contribution < 1.29 is 4.39 Å². The number of nitrogens with zero attached hydrogens (tertiary/aromatic N) is 1. The highest BCUT2D eigenvalue weighted by molar-refractivity contribution is 4.65. The molecule has 0 aromatic rings. The summed E-state index contributed by atoms with van der Waals surface area (Å²) in [6.07, 6.45) is 1.11. The van der Waals surface area contributed by atoms with Gasteiger partial charge in [-0.25, -0.2) is 4.39 Å². The molecule has 1 heterocycles. The Bertz CT molecular complexity index is 57.1. The van der Waals surface area contributed by atoms with Gasteiger partial charge in [-0.1, -0.05) is 0 Å². The lowest BCUT2D eigenvalue weighted by Crippen LogP contribution is -2.19. The van der Waals surface area contributed by atoms with Gasteiger partial charge in [0.05, 0.1) is 0 Å². The van der Waals surface area contributed by atoms with Gasteiger partial charge in [0.25, 0.3) is 0 Å². The predicted molar refractivity (Wildman–Crippen MR) is 26.8 cm³/mol. The van der Waals surface area contributed by atoms with E-state index in [0.717, 1.165) is 19.4 Å². The van der Waals surface area contributed by atoms with Gasteiger partial charge in [-0.2, -0.15) is 0 Å². The van der Waals surface area contributed by atoms with Gasteiger partial charge in [-0.3, -0.25) is 4.90 Å². The second-order valence-corrected chi connectivity index (χ2v) is 2.06. The largest absolute Gasteiger partial charge is 0.277 e. The zero-order chi connectivity index (χ0) is 5.28. The summed E-state index contributed by atoms with van der Waals surface area (Å²) in [5.74, 6) is 0. The number of rotatable bonds is 0. The molecule has 1 nitrogen and oxygen atoms in total. The number of halogens is 1. The third kappa shape index (κ3) is 0.911. The molecule has 1 aliphatic rings. The molecule has 0 bridgehead atoms. The maximum atomic E-state index is 12.2. The number of hydrogen-bond donors (Lipinski definition) is 0. The van der Waals surface area contributed by atoms with E-state index < -0.39 is 6.30 Å². The van der Waals surface area contributed by atoms with Crippen LogP contribution >= 0.6 is 0 Å². The zero-order valence-electron chi connectivity index (χ0n) is 4.52. The quantitative estimate of drug-likeness (QED) is 0.413. The van der Waals surface area contributed by atoms with Crippen molar-refractivity contribution in [3.05, 3.63) is 0 Å². The predicted octanol–water partition coefficient (Wildman–Crippen LogP) is 1.01. The number of alkyl halides is 1. The second kappa shape index (κ2) is 1.78. The molecule has 0 aromatic carbocycles. The Morgan fingerprint density at radius 3 is 2.57 bits per heavy atom. The van der Waals surface area contributed by atoms with Crippen molar-refractivity contribution in [2.45, 2.75) is 19.1 Å². The average molecular weight is 103 g/mol. The maximum absolute atomic E-state index is 12.2. The minimum absolute atomic E-state index is 0.653. The molecule has 0 saturated carbocycles. The SMILES string of the molecule is CN1CCC[C@@H]1F. The molecule has 1 saturated heterocycles. The molecular formula is C5H10FN. The van der Waals surface area contributed by atoms with Gasteiger partial charge < -0.3 is 0 Å². The highest BCUT2D eigenvalue weighted by Crippen LogP contribution is 2.14. The highest BCUT2D eigenvalue weighted by atomic mass is 19.1. The van der Waals surface area contributed by atoms with Crippen LogP contribution in [-0.4, -0.2) is 24.8 Å². The molecule has 0 radical (unpaired) electrons. The fourth-order valence-electron chi connectivity index (χ4n) is 0.870. The molecule has 0 aromatic heterocycles. The van der Waals surface area contributed by atoms with Crippen LogP contribution in [0.3, 0.4) is 0 Å². The molecule has 1 aliphatic heterocycles. The first kappa shape index (κ1) is 5.04. The molecule has 1 rings (SSSR count). The van der Waals surface area contributed by atoms with Crippen LogP contribution in [0.5, 0.6) is 0 Å². The lowest BCUT2D eigenvalue weighted by Gasteiger charge is -2.08. The fraction of sp³-hybridized carbons (Fsp3) is 1.00. The van der Waals surface area contributed by atoms with E-state index in [0.29, 0.717) is 0 Å². The van der Waals surface area contributed by atoms with E-state index in [9.17, 15) is 4.39 Å². The van der Waals surface area contributed by atoms with Gasteiger partial charge in [-0.15, -0.1) is 0 Å². The lowest BCUT2D eigenvalue weighted by atomic mass is 10.4. The van der Waals surface area contributed by atoms with Crippen molar-refractivity contribution >= 4 is 0 Å². The Labute approximate surface area is 43.1 Å². The molecule has 0 unspecified atom stereocenters. The van der Waals surface area contributed by atoms with Crippen LogP contribution in [0.2, 0.25) is 0 Å². The first-order valence-electron chi connectivity index (χ1n) is 2.65. The van der Waals surface area contributed by atoms with Crippen LogP contribution in [0.15, 0.2) is 0 Å². The first-order valence-corrected chi connectivity index (χ1v) is 2.65. The minimum Gasteiger partial charge on any atom is -0.277 e. The topological polar surface area (TPSA) is 3.24 Å². The van der Waals surface area contributed by atoms with E-state index in [1.807, 2.05) is 7.05 Å². The summed E-state index contributed by atoms with van der Waals surface area (Å²) >= 11 is 0. The van der Waals surface area contributed by atoms with E-state index >= 15 is 0 Å². The summed E-state index contributed by atoms with van der Waals surface area (Å²) in [7, 11) is 1.82. The average Bonchev–Trinajstić information content (AvgIpc) is 1.91. The lowest BCUT2D eigenvalue weighted by molar-refractivity contribution is 0.158. The maximum Gasteiger partial charge on any atom is 0.153 e. The Kier molecular flexibility index (Phi) is 1.28. The third-order valence-electron chi connectivity index (χ3n) is 1.43. The molecule has 7 heavy (non-hydrogen) atoms. The molecule has 0 N–H and O–H groups in total.